The highest BCUT2D eigenvalue weighted by molar-refractivity contribution is 7.96. The number of likely N-dealkylation sites (tertiary alicyclic amines) is 1. The van der Waals surface area contributed by atoms with Gasteiger partial charge in [-0.25, -0.2) is 4.98 Å². The van der Waals surface area contributed by atoms with Crippen molar-refractivity contribution in [2.75, 3.05) is 13.1 Å². The summed E-state index contributed by atoms with van der Waals surface area (Å²) in [4.78, 5) is 21.5. The number of carbonyl (C=O) groups is 1. The zero-order chi connectivity index (χ0) is 17.5. The lowest BCUT2D eigenvalue weighted by molar-refractivity contribution is -0.120. The van der Waals surface area contributed by atoms with Crippen molar-refractivity contribution in [3.05, 3.63) is 30.2 Å². The van der Waals surface area contributed by atoms with E-state index in [1.165, 1.54) is 5.00 Å². The van der Waals surface area contributed by atoms with E-state index in [2.05, 4.69) is 38.4 Å². The second-order valence-electron chi connectivity index (χ2n) is 6.80. The van der Waals surface area contributed by atoms with Crippen LogP contribution in [0, 0.1) is 12.8 Å². The minimum atomic E-state index is -0.513. The maximum Gasteiger partial charge on any atom is 0.246 e. The Morgan fingerprint density at radius 3 is 2.88 bits per heavy atom. The molecule has 1 saturated heterocycles. The van der Waals surface area contributed by atoms with Gasteiger partial charge < -0.3 is 0 Å². The topological polar surface area (TPSA) is 42.9 Å². The maximum absolute atomic E-state index is 12.5. The predicted octanol–water partition coefficient (Wildman–Crippen LogP) is 4.10. The van der Waals surface area contributed by atoms with E-state index in [9.17, 15) is 4.79 Å². The first-order chi connectivity index (χ1) is 11.4. The predicted molar refractivity (Wildman–Crippen MR) is 103 cm³/mol. The van der Waals surface area contributed by atoms with E-state index in [-0.39, 0.29) is 5.12 Å². The molecule has 2 aromatic rings. The number of hydrogen-bond donors (Lipinski definition) is 1. The minimum absolute atomic E-state index is 0.0231. The molecule has 0 saturated carbocycles. The van der Waals surface area contributed by atoms with Crippen LogP contribution in [0.2, 0.25) is 0 Å². The summed E-state index contributed by atoms with van der Waals surface area (Å²) in [7, 11) is 0. The third kappa shape index (κ3) is 2.35. The summed E-state index contributed by atoms with van der Waals surface area (Å²) in [5.74, 6) is 0.297. The van der Waals surface area contributed by atoms with Crippen LogP contribution in [-0.4, -0.2) is 33.7 Å². The number of aromatic nitrogens is 2. The van der Waals surface area contributed by atoms with Gasteiger partial charge in [-0.15, -0.1) is 0 Å². The number of rotatable bonds is 4. The van der Waals surface area contributed by atoms with Crippen LogP contribution < -0.4 is 4.48 Å². The van der Waals surface area contributed by atoms with E-state index in [0.717, 1.165) is 35.8 Å². The molecule has 0 aromatic carbocycles. The number of pyridine rings is 1. The van der Waals surface area contributed by atoms with Crippen LogP contribution >= 0.6 is 24.0 Å². The molecule has 1 aliphatic heterocycles. The molecule has 3 atom stereocenters. The Balaban J connectivity index is 2.16. The zero-order valence-electron chi connectivity index (χ0n) is 14.6. The number of carbonyl (C=O) groups excluding carboxylic acids is 1. The number of quaternary nitrogens is 1. The number of aryl methyl sites for hydroxylation is 1. The molecule has 3 heterocycles. The van der Waals surface area contributed by atoms with Crippen molar-refractivity contribution in [3.63, 3.8) is 0 Å². The summed E-state index contributed by atoms with van der Waals surface area (Å²) in [5.41, 5.74) is 1.52. The van der Waals surface area contributed by atoms with Gasteiger partial charge in [-0.1, -0.05) is 30.9 Å². The van der Waals surface area contributed by atoms with Gasteiger partial charge in [0.1, 0.15) is 10.7 Å². The fourth-order valence-corrected chi connectivity index (χ4v) is 5.88. The molecule has 2 aromatic heterocycles. The maximum atomic E-state index is 12.5. The Bertz CT molecular complexity index is 761. The lowest BCUT2D eigenvalue weighted by atomic mass is 9.87. The molecule has 6 heteroatoms. The Morgan fingerprint density at radius 1 is 1.54 bits per heavy atom. The van der Waals surface area contributed by atoms with Crippen LogP contribution in [0.1, 0.15) is 32.9 Å². The lowest BCUT2D eigenvalue weighted by Gasteiger charge is -2.45. The summed E-state index contributed by atoms with van der Waals surface area (Å²) >= 11 is 5.98. The molecule has 0 N–H and O–H groups in total. The number of likely N-dealkylation sites (N-methyl/N-ethyl adjacent to an activating group) is 1. The normalized spacial score (nSPS) is 29.8. The molecular formula is C18H24N3OS2+. The first kappa shape index (κ1) is 17.6. The number of hydrogen-bond acceptors (Lipinski definition) is 4. The van der Waals surface area contributed by atoms with Gasteiger partial charge in [0.15, 0.2) is 5.54 Å². The molecule has 2 unspecified atom stereocenters. The molecule has 0 aliphatic carbocycles. The van der Waals surface area contributed by atoms with Gasteiger partial charge in [0.25, 0.3) is 0 Å². The van der Waals surface area contributed by atoms with Crippen LogP contribution in [0.5, 0.6) is 0 Å². The fraction of sp³-hybridized carbons (Fsp3) is 0.500. The standard InChI is InChI=1S/C18H23N3OS2/c1-5-21(10-8-12(2)18(21,4)17(22)23)16-13(3)20-15(24-16)14-7-6-9-19-11-14/h6-7,9,11-12H,5,8,10H2,1-4H3/p+1/t12?,18-,21?/m0/s1. The molecule has 0 bridgehead atoms. The number of nitrogens with zero attached hydrogens (tertiary/aromatic N) is 3. The van der Waals surface area contributed by atoms with Crippen LogP contribution in [-0.2, 0) is 4.79 Å². The highest BCUT2D eigenvalue weighted by Crippen LogP contribution is 2.50. The largest absolute Gasteiger partial charge is 0.280 e. The van der Waals surface area contributed by atoms with Crippen molar-refractivity contribution >= 4 is 34.1 Å². The van der Waals surface area contributed by atoms with Gasteiger partial charge in [-0.2, -0.15) is 0 Å². The van der Waals surface area contributed by atoms with Crippen molar-refractivity contribution in [3.8, 4) is 10.6 Å². The summed E-state index contributed by atoms with van der Waals surface area (Å²) in [6.45, 7) is 10.3. The van der Waals surface area contributed by atoms with E-state index >= 15 is 0 Å². The Labute approximate surface area is 152 Å². The van der Waals surface area contributed by atoms with E-state index in [0.29, 0.717) is 10.4 Å². The van der Waals surface area contributed by atoms with Gasteiger partial charge in [-0.05, 0) is 32.9 Å². The highest BCUT2D eigenvalue weighted by Gasteiger charge is 2.61. The third-order valence-corrected chi connectivity index (χ3v) is 7.65. The average Bonchev–Trinajstić information content (AvgIpc) is 3.09. The van der Waals surface area contributed by atoms with Gasteiger partial charge in [0.05, 0.1) is 13.1 Å². The average molecular weight is 363 g/mol. The Morgan fingerprint density at radius 2 is 2.29 bits per heavy atom. The molecule has 24 heavy (non-hydrogen) atoms. The number of thiazole rings is 1. The van der Waals surface area contributed by atoms with Crippen molar-refractivity contribution in [2.24, 2.45) is 5.92 Å². The molecule has 128 valence electrons. The Hall–Kier alpha value is -1.24. The summed E-state index contributed by atoms with van der Waals surface area (Å²) in [5, 5.41) is 2.13. The first-order valence-electron chi connectivity index (χ1n) is 8.35. The van der Waals surface area contributed by atoms with Crippen LogP contribution in [0.25, 0.3) is 10.6 Å². The second-order valence-corrected chi connectivity index (χ2v) is 8.19. The van der Waals surface area contributed by atoms with Crippen LogP contribution in [0.3, 0.4) is 0 Å². The minimum Gasteiger partial charge on any atom is -0.280 e. The first-order valence-corrected chi connectivity index (χ1v) is 9.62. The highest BCUT2D eigenvalue weighted by atomic mass is 32.1. The van der Waals surface area contributed by atoms with Gasteiger partial charge in [0, 0.05) is 30.3 Å². The molecule has 3 rings (SSSR count). The zero-order valence-corrected chi connectivity index (χ0v) is 16.3. The summed E-state index contributed by atoms with van der Waals surface area (Å²) in [6.07, 6.45) is 4.63. The van der Waals surface area contributed by atoms with E-state index in [1.54, 1.807) is 17.5 Å². The van der Waals surface area contributed by atoms with Crippen molar-refractivity contribution in [1.29, 1.82) is 0 Å². The smallest absolute Gasteiger partial charge is 0.246 e. The van der Waals surface area contributed by atoms with Gasteiger partial charge in [0.2, 0.25) is 10.1 Å². The van der Waals surface area contributed by atoms with E-state index < -0.39 is 5.54 Å². The SMILES string of the molecule is CC[N+]1(c2sc(-c3cccnc3)nc2C)CCC(C)[C@@]1(C)C(=O)S. The summed E-state index contributed by atoms with van der Waals surface area (Å²) < 4.78 is 0.653. The van der Waals surface area contributed by atoms with E-state index in [4.69, 9.17) is 4.98 Å². The Kier molecular flexibility index (Phi) is 4.57. The summed E-state index contributed by atoms with van der Waals surface area (Å²) in [6, 6.07) is 3.95. The quantitative estimate of drug-likeness (QED) is 0.658. The van der Waals surface area contributed by atoms with Crippen LogP contribution in [0.15, 0.2) is 24.5 Å². The second kappa shape index (κ2) is 6.24. The molecule has 1 aliphatic rings. The molecule has 0 amide bonds. The number of thiol groups is 1. The molecule has 1 fully saturated rings. The monoisotopic (exact) mass is 362 g/mol. The van der Waals surface area contributed by atoms with Gasteiger partial charge in [-0.3, -0.25) is 14.3 Å². The van der Waals surface area contributed by atoms with Crippen molar-refractivity contribution in [2.45, 2.75) is 39.7 Å². The third-order valence-electron chi connectivity index (χ3n) is 5.83. The molecule has 0 radical (unpaired) electrons. The van der Waals surface area contributed by atoms with Gasteiger partial charge >= 0.3 is 0 Å². The van der Waals surface area contributed by atoms with Crippen molar-refractivity contribution in [1.82, 2.24) is 14.5 Å². The molecular weight excluding hydrogens is 338 g/mol. The lowest BCUT2D eigenvalue weighted by Crippen LogP contribution is -2.65. The van der Waals surface area contributed by atoms with Crippen molar-refractivity contribution < 1.29 is 4.79 Å². The van der Waals surface area contributed by atoms with Crippen LogP contribution in [0.4, 0.5) is 5.00 Å². The molecule has 4 nitrogen and oxygen atoms in total. The van der Waals surface area contributed by atoms with E-state index in [1.807, 2.05) is 25.3 Å². The molecule has 0 spiro atoms. The fourth-order valence-electron chi connectivity index (χ4n) is 4.08.